The molecule has 124 valence electrons. The van der Waals surface area contributed by atoms with Gasteiger partial charge in [0.05, 0.1) is 38.6 Å². The van der Waals surface area contributed by atoms with Gasteiger partial charge in [0.1, 0.15) is 0 Å². The molecule has 23 heavy (non-hydrogen) atoms. The Morgan fingerprint density at radius 3 is 1.78 bits per heavy atom. The highest BCUT2D eigenvalue weighted by atomic mass is 16.6. The molecule has 0 N–H and O–H groups in total. The lowest BCUT2D eigenvalue weighted by molar-refractivity contribution is -0.0633. The second-order valence-electron chi connectivity index (χ2n) is 5.75. The Hall–Kier alpha value is -1.68. The van der Waals surface area contributed by atoms with Crippen LogP contribution in [0.4, 0.5) is 0 Å². The van der Waals surface area contributed by atoms with Crippen molar-refractivity contribution in [2.45, 2.75) is 39.3 Å². The molecule has 0 aromatic heterocycles. The maximum absolute atomic E-state index is 5.79. The Morgan fingerprint density at radius 1 is 0.652 bits per heavy atom. The third-order valence-corrected chi connectivity index (χ3v) is 3.46. The quantitative estimate of drug-likeness (QED) is 0.657. The van der Waals surface area contributed by atoms with Gasteiger partial charge in [-0.2, -0.15) is 0 Å². The maximum Gasteiger partial charge on any atom is 0.0785 e. The Morgan fingerprint density at radius 2 is 1.17 bits per heavy atom. The van der Waals surface area contributed by atoms with Gasteiger partial charge >= 0.3 is 0 Å². The van der Waals surface area contributed by atoms with Crippen molar-refractivity contribution in [2.75, 3.05) is 13.2 Å². The Bertz CT molecular complexity index is 527. The van der Waals surface area contributed by atoms with Crippen LogP contribution in [0.2, 0.25) is 0 Å². The molecule has 0 aliphatic carbocycles. The standard InChI is InChI=1S/C20H26O3/c1-17(13-21-15-19-9-5-3-6-10-19)22-14-18(2)23-16-20-11-7-4-8-12-20/h3-12,17-18H,13-16H2,1-2H3. The zero-order valence-corrected chi connectivity index (χ0v) is 14.0. The Kier molecular flexibility index (Phi) is 7.81. The first-order valence-corrected chi connectivity index (χ1v) is 8.13. The predicted molar refractivity (Wildman–Crippen MR) is 92.2 cm³/mol. The maximum atomic E-state index is 5.79. The Balaban J connectivity index is 1.55. The molecule has 2 aromatic rings. The van der Waals surface area contributed by atoms with E-state index >= 15 is 0 Å². The molecule has 0 amide bonds. The van der Waals surface area contributed by atoms with Crippen LogP contribution in [0, 0.1) is 0 Å². The van der Waals surface area contributed by atoms with Gasteiger partial charge in [0.15, 0.2) is 0 Å². The summed E-state index contributed by atoms with van der Waals surface area (Å²) in [5.74, 6) is 0. The normalized spacial score (nSPS) is 13.7. The average Bonchev–Trinajstić information content (AvgIpc) is 2.60. The van der Waals surface area contributed by atoms with Crippen LogP contribution in [0.1, 0.15) is 25.0 Å². The summed E-state index contributed by atoms with van der Waals surface area (Å²) in [5.41, 5.74) is 2.36. The highest BCUT2D eigenvalue weighted by molar-refractivity contribution is 5.14. The zero-order chi connectivity index (χ0) is 16.3. The van der Waals surface area contributed by atoms with Crippen LogP contribution >= 0.6 is 0 Å². The molecule has 0 saturated carbocycles. The topological polar surface area (TPSA) is 27.7 Å². The van der Waals surface area contributed by atoms with E-state index in [1.165, 1.54) is 11.1 Å². The van der Waals surface area contributed by atoms with Crippen molar-refractivity contribution in [1.29, 1.82) is 0 Å². The van der Waals surface area contributed by atoms with Gasteiger partial charge in [-0.3, -0.25) is 0 Å². The molecule has 3 nitrogen and oxygen atoms in total. The van der Waals surface area contributed by atoms with E-state index in [9.17, 15) is 0 Å². The Labute approximate surface area is 139 Å². The minimum absolute atomic E-state index is 0.0569. The second kappa shape index (κ2) is 10.2. The zero-order valence-electron chi connectivity index (χ0n) is 14.0. The van der Waals surface area contributed by atoms with Gasteiger partial charge in [0.25, 0.3) is 0 Å². The number of rotatable bonds is 10. The van der Waals surface area contributed by atoms with Gasteiger partial charge < -0.3 is 14.2 Å². The molecular weight excluding hydrogens is 288 g/mol. The van der Waals surface area contributed by atoms with Crippen molar-refractivity contribution in [1.82, 2.24) is 0 Å². The molecule has 2 rings (SSSR count). The monoisotopic (exact) mass is 314 g/mol. The van der Waals surface area contributed by atoms with E-state index in [0.29, 0.717) is 26.4 Å². The fourth-order valence-electron chi connectivity index (χ4n) is 2.13. The number of hydrogen-bond acceptors (Lipinski definition) is 3. The van der Waals surface area contributed by atoms with Crippen LogP contribution < -0.4 is 0 Å². The summed E-state index contributed by atoms with van der Waals surface area (Å²) < 4.78 is 17.2. The molecule has 2 aromatic carbocycles. The van der Waals surface area contributed by atoms with Crippen LogP contribution in [0.3, 0.4) is 0 Å². The van der Waals surface area contributed by atoms with Gasteiger partial charge in [-0.05, 0) is 25.0 Å². The van der Waals surface area contributed by atoms with Crippen LogP contribution in [0.5, 0.6) is 0 Å². The lowest BCUT2D eigenvalue weighted by Gasteiger charge is -2.18. The molecular formula is C20H26O3. The van der Waals surface area contributed by atoms with Crippen molar-refractivity contribution >= 4 is 0 Å². The molecule has 0 aliphatic rings. The van der Waals surface area contributed by atoms with Crippen molar-refractivity contribution < 1.29 is 14.2 Å². The summed E-state index contributed by atoms with van der Waals surface area (Å²) in [5, 5.41) is 0. The van der Waals surface area contributed by atoms with Crippen molar-refractivity contribution in [3.05, 3.63) is 71.8 Å². The average molecular weight is 314 g/mol. The summed E-state index contributed by atoms with van der Waals surface area (Å²) in [6.07, 6.45) is 0.119. The van der Waals surface area contributed by atoms with Crippen LogP contribution in [-0.4, -0.2) is 25.4 Å². The SMILES string of the molecule is CC(COCc1ccccc1)OCC(C)OCc1ccccc1. The van der Waals surface area contributed by atoms with E-state index in [1.807, 2.05) is 50.2 Å². The smallest absolute Gasteiger partial charge is 0.0785 e. The molecule has 0 bridgehead atoms. The molecule has 0 heterocycles. The number of ether oxygens (including phenoxy) is 3. The summed E-state index contributed by atoms with van der Waals surface area (Å²) in [6.45, 7) is 6.44. The van der Waals surface area contributed by atoms with E-state index in [4.69, 9.17) is 14.2 Å². The second-order valence-corrected chi connectivity index (χ2v) is 5.75. The summed E-state index contributed by atoms with van der Waals surface area (Å²) >= 11 is 0. The van der Waals surface area contributed by atoms with E-state index in [0.717, 1.165) is 0 Å². The molecule has 2 unspecified atom stereocenters. The van der Waals surface area contributed by atoms with E-state index in [-0.39, 0.29) is 12.2 Å². The van der Waals surface area contributed by atoms with E-state index < -0.39 is 0 Å². The first kappa shape index (κ1) is 17.7. The van der Waals surface area contributed by atoms with Gasteiger partial charge in [0.2, 0.25) is 0 Å². The molecule has 0 radical (unpaired) electrons. The summed E-state index contributed by atoms with van der Waals surface area (Å²) in [6, 6.07) is 20.3. The van der Waals surface area contributed by atoms with E-state index in [2.05, 4.69) is 24.3 Å². The fourth-order valence-corrected chi connectivity index (χ4v) is 2.13. The van der Waals surface area contributed by atoms with Crippen molar-refractivity contribution in [3.63, 3.8) is 0 Å². The lowest BCUT2D eigenvalue weighted by Crippen LogP contribution is -2.23. The largest absolute Gasteiger partial charge is 0.374 e. The first-order chi connectivity index (χ1) is 11.2. The highest BCUT2D eigenvalue weighted by Crippen LogP contribution is 2.06. The minimum Gasteiger partial charge on any atom is -0.374 e. The minimum atomic E-state index is 0.0569. The summed E-state index contributed by atoms with van der Waals surface area (Å²) in [7, 11) is 0. The molecule has 0 fully saturated rings. The van der Waals surface area contributed by atoms with Crippen LogP contribution in [-0.2, 0) is 27.4 Å². The predicted octanol–water partition coefficient (Wildman–Crippen LogP) is 4.21. The third kappa shape index (κ3) is 7.42. The number of benzene rings is 2. The fraction of sp³-hybridized carbons (Fsp3) is 0.400. The van der Waals surface area contributed by atoms with Gasteiger partial charge in [-0.15, -0.1) is 0 Å². The van der Waals surface area contributed by atoms with Crippen molar-refractivity contribution in [2.24, 2.45) is 0 Å². The lowest BCUT2D eigenvalue weighted by atomic mass is 10.2. The molecule has 0 aliphatic heterocycles. The van der Waals surface area contributed by atoms with Gasteiger partial charge in [-0.1, -0.05) is 60.7 Å². The number of hydrogen-bond donors (Lipinski definition) is 0. The molecule has 0 saturated heterocycles. The van der Waals surface area contributed by atoms with Gasteiger partial charge in [0, 0.05) is 0 Å². The van der Waals surface area contributed by atoms with Gasteiger partial charge in [-0.25, -0.2) is 0 Å². The highest BCUT2D eigenvalue weighted by Gasteiger charge is 2.08. The summed E-state index contributed by atoms with van der Waals surface area (Å²) in [4.78, 5) is 0. The van der Waals surface area contributed by atoms with Crippen LogP contribution in [0.15, 0.2) is 60.7 Å². The van der Waals surface area contributed by atoms with E-state index in [1.54, 1.807) is 0 Å². The van der Waals surface area contributed by atoms with Crippen LogP contribution in [0.25, 0.3) is 0 Å². The molecule has 2 atom stereocenters. The first-order valence-electron chi connectivity index (χ1n) is 8.13. The van der Waals surface area contributed by atoms with Crippen molar-refractivity contribution in [3.8, 4) is 0 Å². The molecule has 0 spiro atoms. The third-order valence-electron chi connectivity index (χ3n) is 3.46. The molecule has 3 heteroatoms.